The lowest BCUT2D eigenvalue weighted by atomic mass is 10.1. The van der Waals surface area contributed by atoms with Crippen molar-refractivity contribution >= 4 is 49.9 Å². The predicted octanol–water partition coefficient (Wildman–Crippen LogP) is 5.41. The van der Waals surface area contributed by atoms with Crippen molar-refractivity contribution in [3.63, 3.8) is 0 Å². The van der Waals surface area contributed by atoms with Crippen LogP contribution >= 0.6 is 22.9 Å². The normalized spacial score (nSPS) is 10.9. The summed E-state index contributed by atoms with van der Waals surface area (Å²) >= 11 is 7.39. The minimum Gasteiger partial charge on any atom is -0.279 e. The number of nitrogens with zero attached hydrogens (tertiary/aromatic N) is 4. The third-order valence-electron chi connectivity index (χ3n) is 4.46. The molecule has 9 heteroatoms. The Morgan fingerprint density at radius 1 is 1.23 bits per heavy atom. The molecule has 0 fully saturated rings. The number of pyridine rings is 1. The molecule has 0 aliphatic rings. The highest BCUT2D eigenvalue weighted by atomic mass is 35.5. The molecular weight excluding hydrogens is 424 g/mol. The fraction of sp³-hybridized carbons (Fsp3) is 0.0952. The smallest absolute Gasteiger partial charge is 0.279 e. The topological polar surface area (TPSA) is 89.2 Å². The average Bonchev–Trinajstić information content (AvgIpc) is 3.14. The number of thiazole rings is 1. The fourth-order valence-electron chi connectivity index (χ4n) is 3.02. The molecule has 0 saturated carbocycles. The summed E-state index contributed by atoms with van der Waals surface area (Å²) in [5.74, 6) is -0.552. The lowest BCUT2D eigenvalue weighted by molar-refractivity contribution is -0.385. The van der Waals surface area contributed by atoms with Crippen molar-refractivity contribution in [3.05, 3.63) is 92.8 Å². The van der Waals surface area contributed by atoms with E-state index in [9.17, 15) is 14.9 Å². The summed E-state index contributed by atoms with van der Waals surface area (Å²) in [6, 6.07) is 13.4. The number of nitro benzene ring substituents is 1. The van der Waals surface area contributed by atoms with Crippen LogP contribution < -0.4 is 4.90 Å². The predicted molar refractivity (Wildman–Crippen MR) is 117 cm³/mol. The van der Waals surface area contributed by atoms with E-state index in [0.29, 0.717) is 5.13 Å². The van der Waals surface area contributed by atoms with Gasteiger partial charge >= 0.3 is 0 Å². The lowest BCUT2D eigenvalue weighted by Gasteiger charge is -2.20. The quantitative estimate of drug-likeness (QED) is 0.307. The summed E-state index contributed by atoms with van der Waals surface area (Å²) in [5, 5.41) is 12.2. The highest BCUT2D eigenvalue weighted by molar-refractivity contribution is 7.22. The van der Waals surface area contributed by atoms with E-state index in [1.807, 2.05) is 31.2 Å². The Bertz CT molecular complexity index is 1260. The van der Waals surface area contributed by atoms with Crippen molar-refractivity contribution in [2.45, 2.75) is 13.5 Å². The first kappa shape index (κ1) is 19.9. The van der Waals surface area contributed by atoms with E-state index in [0.717, 1.165) is 21.3 Å². The van der Waals surface area contributed by atoms with E-state index >= 15 is 0 Å². The number of fused-ring (bicyclic) bond motifs is 1. The van der Waals surface area contributed by atoms with Gasteiger partial charge in [-0.15, -0.1) is 0 Å². The molecule has 0 spiro atoms. The molecule has 4 rings (SSSR count). The highest BCUT2D eigenvalue weighted by Crippen LogP contribution is 2.33. The molecular formula is C21H15ClN4O3S. The molecule has 150 valence electrons. The van der Waals surface area contributed by atoms with Gasteiger partial charge in [0, 0.05) is 23.5 Å². The first-order chi connectivity index (χ1) is 14.4. The third kappa shape index (κ3) is 4.00. The zero-order chi connectivity index (χ0) is 21.3. The molecule has 2 heterocycles. The van der Waals surface area contributed by atoms with Crippen LogP contribution in [0.4, 0.5) is 10.8 Å². The molecule has 2 aromatic heterocycles. The van der Waals surface area contributed by atoms with Crippen molar-refractivity contribution in [1.29, 1.82) is 0 Å². The lowest BCUT2D eigenvalue weighted by Crippen LogP contribution is -2.31. The second kappa shape index (κ2) is 8.17. The molecule has 0 atom stereocenters. The van der Waals surface area contributed by atoms with Gasteiger partial charge in [-0.25, -0.2) is 4.98 Å². The number of aryl methyl sites for hydroxylation is 1. The number of amides is 1. The number of carbonyl (C=O) groups excluding carboxylic acids is 1. The first-order valence-electron chi connectivity index (χ1n) is 8.94. The van der Waals surface area contributed by atoms with Crippen molar-refractivity contribution in [2.75, 3.05) is 4.90 Å². The van der Waals surface area contributed by atoms with E-state index in [1.54, 1.807) is 18.5 Å². The molecule has 7 nitrogen and oxygen atoms in total. The van der Waals surface area contributed by atoms with Crippen molar-refractivity contribution in [3.8, 4) is 0 Å². The molecule has 0 N–H and O–H groups in total. The van der Waals surface area contributed by atoms with Crippen LogP contribution in [0.2, 0.25) is 5.02 Å². The molecule has 4 aromatic rings. The van der Waals surface area contributed by atoms with Crippen LogP contribution in [0, 0.1) is 17.0 Å². The SMILES string of the molecule is Cc1ccc2nc(N(Cc3cccnc3)C(=O)c3cc(Cl)ccc3[N+](=O)[O-])sc2c1. The fourth-order valence-corrected chi connectivity index (χ4v) is 4.25. The summed E-state index contributed by atoms with van der Waals surface area (Å²) in [6.45, 7) is 2.14. The summed E-state index contributed by atoms with van der Waals surface area (Å²) in [4.78, 5) is 34.5. The van der Waals surface area contributed by atoms with Crippen molar-refractivity contribution < 1.29 is 9.72 Å². The number of anilines is 1. The first-order valence-corrected chi connectivity index (χ1v) is 10.1. The number of carbonyl (C=O) groups is 1. The van der Waals surface area contributed by atoms with Gasteiger partial charge in [0.05, 0.1) is 21.7 Å². The van der Waals surface area contributed by atoms with E-state index in [2.05, 4.69) is 9.97 Å². The number of rotatable bonds is 5. The Labute approximate surface area is 180 Å². The van der Waals surface area contributed by atoms with Gasteiger partial charge in [-0.1, -0.05) is 35.1 Å². The number of halogens is 1. The van der Waals surface area contributed by atoms with Gasteiger partial charge < -0.3 is 0 Å². The van der Waals surface area contributed by atoms with Gasteiger partial charge in [0.1, 0.15) is 5.56 Å². The second-order valence-electron chi connectivity index (χ2n) is 6.64. The Kier molecular flexibility index (Phi) is 5.43. The van der Waals surface area contributed by atoms with E-state index in [-0.39, 0.29) is 22.8 Å². The monoisotopic (exact) mass is 438 g/mol. The van der Waals surface area contributed by atoms with E-state index in [1.165, 1.54) is 34.4 Å². The minimum absolute atomic E-state index is 0.0909. The van der Waals surface area contributed by atoms with Crippen LogP contribution in [-0.2, 0) is 6.54 Å². The number of hydrogen-bond acceptors (Lipinski definition) is 6. The molecule has 2 aromatic carbocycles. The standard InChI is InChI=1S/C21H15ClN4O3S/c1-13-4-6-17-19(9-13)30-21(24-17)25(12-14-3-2-8-23-11-14)20(27)16-10-15(22)5-7-18(16)26(28)29/h2-11H,12H2,1H3. The Morgan fingerprint density at radius 3 is 2.80 bits per heavy atom. The van der Waals surface area contributed by atoms with Crippen LogP contribution in [0.15, 0.2) is 60.9 Å². The largest absolute Gasteiger partial charge is 0.282 e. The summed E-state index contributed by atoms with van der Waals surface area (Å²) in [6.07, 6.45) is 3.28. The molecule has 0 saturated heterocycles. The van der Waals surface area contributed by atoms with Crippen LogP contribution in [0.25, 0.3) is 10.2 Å². The maximum absolute atomic E-state index is 13.5. The maximum atomic E-state index is 13.5. The molecule has 0 unspecified atom stereocenters. The van der Waals surface area contributed by atoms with Crippen LogP contribution in [0.1, 0.15) is 21.5 Å². The molecule has 0 radical (unpaired) electrons. The van der Waals surface area contributed by atoms with E-state index < -0.39 is 10.8 Å². The summed E-state index contributed by atoms with van der Waals surface area (Å²) in [5.41, 5.74) is 2.20. The van der Waals surface area contributed by atoms with Gasteiger partial charge in [-0.2, -0.15) is 0 Å². The van der Waals surface area contributed by atoms with Gasteiger partial charge in [-0.3, -0.25) is 24.8 Å². The number of hydrogen-bond donors (Lipinski definition) is 0. The Balaban J connectivity index is 1.83. The van der Waals surface area contributed by atoms with Crippen LogP contribution in [-0.4, -0.2) is 20.8 Å². The van der Waals surface area contributed by atoms with Crippen molar-refractivity contribution in [2.24, 2.45) is 0 Å². The number of benzene rings is 2. The Morgan fingerprint density at radius 2 is 2.07 bits per heavy atom. The van der Waals surface area contributed by atoms with Crippen molar-refractivity contribution in [1.82, 2.24) is 9.97 Å². The molecule has 0 aliphatic heterocycles. The van der Waals surface area contributed by atoms with E-state index in [4.69, 9.17) is 11.6 Å². The molecule has 0 aliphatic carbocycles. The highest BCUT2D eigenvalue weighted by Gasteiger charge is 2.28. The average molecular weight is 439 g/mol. The van der Waals surface area contributed by atoms with Gasteiger partial charge in [0.15, 0.2) is 5.13 Å². The van der Waals surface area contributed by atoms with Gasteiger partial charge in [0.2, 0.25) is 0 Å². The number of nitro groups is 1. The third-order valence-corrected chi connectivity index (χ3v) is 5.73. The minimum atomic E-state index is -0.590. The molecule has 30 heavy (non-hydrogen) atoms. The van der Waals surface area contributed by atoms with Crippen LogP contribution in [0.5, 0.6) is 0 Å². The van der Waals surface area contributed by atoms with Gasteiger partial charge in [-0.05, 0) is 48.4 Å². The summed E-state index contributed by atoms with van der Waals surface area (Å²) < 4.78 is 0.926. The van der Waals surface area contributed by atoms with Crippen LogP contribution in [0.3, 0.4) is 0 Å². The summed E-state index contributed by atoms with van der Waals surface area (Å²) in [7, 11) is 0. The van der Waals surface area contributed by atoms with Gasteiger partial charge in [0.25, 0.3) is 11.6 Å². The Hall–Kier alpha value is -3.36. The molecule has 1 amide bonds. The maximum Gasteiger partial charge on any atom is 0.282 e. The number of aromatic nitrogens is 2. The second-order valence-corrected chi connectivity index (χ2v) is 8.08. The zero-order valence-electron chi connectivity index (χ0n) is 15.8. The molecule has 0 bridgehead atoms. The zero-order valence-corrected chi connectivity index (χ0v) is 17.4.